The molecule has 0 radical (unpaired) electrons. The average molecular weight is 198 g/mol. The van der Waals surface area contributed by atoms with E-state index in [1.54, 1.807) is 6.92 Å². The van der Waals surface area contributed by atoms with E-state index in [2.05, 4.69) is 4.74 Å². The summed E-state index contributed by atoms with van der Waals surface area (Å²) in [5.74, 6) is -0.373. The summed E-state index contributed by atoms with van der Waals surface area (Å²) < 4.78 is 22.2. The molecule has 0 fully saturated rings. The highest BCUT2D eigenvalue weighted by molar-refractivity contribution is 5.74. The quantitative estimate of drug-likeness (QED) is 0.694. The summed E-state index contributed by atoms with van der Waals surface area (Å²) in [6.45, 7) is 1.56. The third-order valence-electron chi connectivity index (χ3n) is 1.66. The molecule has 0 N–H and O–H groups in total. The molecule has 0 aliphatic rings. The lowest BCUT2D eigenvalue weighted by Crippen LogP contribution is -2.24. The van der Waals surface area contributed by atoms with Gasteiger partial charge in [0.25, 0.3) is 0 Å². The van der Waals surface area contributed by atoms with E-state index < -0.39 is 12.1 Å². The lowest BCUT2D eigenvalue weighted by Gasteiger charge is -2.11. The van der Waals surface area contributed by atoms with Gasteiger partial charge in [-0.2, -0.15) is 0 Å². The van der Waals surface area contributed by atoms with Crippen molar-refractivity contribution < 1.29 is 18.7 Å². The molecule has 1 aromatic carbocycles. The van der Waals surface area contributed by atoms with E-state index in [1.165, 1.54) is 31.4 Å². The summed E-state index contributed by atoms with van der Waals surface area (Å²) in [4.78, 5) is 11.0. The second kappa shape index (κ2) is 4.60. The fourth-order valence-corrected chi connectivity index (χ4v) is 0.931. The Balaban J connectivity index is 2.60. The van der Waals surface area contributed by atoms with Crippen LogP contribution < -0.4 is 4.74 Å². The molecule has 14 heavy (non-hydrogen) atoms. The van der Waals surface area contributed by atoms with Crippen LogP contribution in [0.3, 0.4) is 0 Å². The zero-order valence-electron chi connectivity index (χ0n) is 7.99. The highest BCUT2D eigenvalue weighted by Gasteiger charge is 2.14. The Morgan fingerprint density at radius 3 is 2.43 bits per heavy atom. The Kier molecular flexibility index (Phi) is 3.45. The lowest BCUT2D eigenvalue weighted by atomic mass is 10.3. The first kappa shape index (κ1) is 10.5. The fourth-order valence-electron chi connectivity index (χ4n) is 0.931. The summed E-state index contributed by atoms with van der Waals surface area (Å²) in [5, 5.41) is 0. The van der Waals surface area contributed by atoms with E-state index >= 15 is 0 Å². The number of halogens is 1. The van der Waals surface area contributed by atoms with Gasteiger partial charge in [-0.1, -0.05) is 0 Å². The maximum absolute atomic E-state index is 12.5. The first-order valence-corrected chi connectivity index (χ1v) is 4.13. The van der Waals surface area contributed by atoms with E-state index in [1.807, 2.05) is 0 Å². The molecule has 0 spiro atoms. The molecule has 0 bridgehead atoms. The van der Waals surface area contributed by atoms with E-state index in [9.17, 15) is 9.18 Å². The Morgan fingerprint density at radius 2 is 1.93 bits per heavy atom. The van der Waals surface area contributed by atoms with Crippen LogP contribution in [0.4, 0.5) is 4.39 Å². The number of ether oxygens (including phenoxy) is 2. The molecule has 76 valence electrons. The molecule has 0 aromatic heterocycles. The molecule has 1 aromatic rings. The summed E-state index contributed by atoms with van der Waals surface area (Å²) >= 11 is 0. The van der Waals surface area contributed by atoms with Crippen molar-refractivity contribution in [3.63, 3.8) is 0 Å². The molecular weight excluding hydrogens is 187 g/mol. The second-order valence-corrected chi connectivity index (χ2v) is 2.74. The van der Waals surface area contributed by atoms with Gasteiger partial charge in [-0.25, -0.2) is 9.18 Å². The highest BCUT2D eigenvalue weighted by atomic mass is 19.1. The third-order valence-corrected chi connectivity index (χ3v) is 1.66. The molecule has 1 atom stereocenters. The molecule has 0 aliphatic carbocycles. The number of methoxy groups -OCH3 is 1. The number of carbonyl (C=O) groups excluding carboxylic acids is 1. The minimum atomic E-state index is -0.689. The van der Waals surface area contributed by atoms with Crippen LogP contribution in [-0.2, 0) is 9.53 Å². The van der Waals surface area contributed by atoms with Crippen LogP contribution in [-0.4, -0.2) is 19.2 Å². The molecule has 0 aliphatic heterocycles. The first-order valence-electron chi connectivity index (χ1n) is 4.13. The molecule has 0 unspecified atom stereocenters. The Morgan fingerprint density at radius 1 is 1.36 bits per heavy atom. The topological polar surface area (TPSA) is 35.5 Å². The predicted octanol–water partition coefficient (Wildman–Crippen LogP) is 1.77. The number of carbonyl (C=O) groups is 1. The van der Waals surface area contributed by atoms with Gasteiger partial charge in [0.1, 0.15) is 11.6 Å². The van der Waals surface area contributed by atoms with Gasteiger partial charge in [-0.05, 0) is 31.2 Å². The molecule has 0 saturated carbocycles. The maximum Gasteiger partial charge on any atom is 0.346 e. The number of hydrogen-bond acceptors (Lipinski definition) is 3. The van der Waals surface area contributed by atoms with Gasteiger partial charge in [-0.15, -0.1) is 0 Å². The molecule has 4 heteroatoms. The Labute approximate surface area is 81.4 Å². The highest BCUT2D eigenvalue weighted by Crippen LogP contribution is 2.13. The second-order valence-electron chi connectivity index (χ2n) is 2.74. The van der Waals surface area contributed by atoms with Crippen LogP contribution in [0.25, 0.3) is 0 Å². The van der Waals surface area contributed by atoms with Crippen LogP contribution in [0.5, 0.6) is 5.75 Å². The maximum atomic E-state index is 12.5. The molecule has 1 rings (SSSR count). The van der Waals surface area contributed by atoms with Gasteiger partial charge in [-0.3, -0.25) is 0 Å². The van der Waals surface area contributed by atoms with Gasteiger partial charge in [0.05, 0.1) is 7.11 Å². The average Bonchev–Trinajstić information content (AvgIpc) is 2.20. The minimum Gasteiger partial charge on any atom is -0.479 e. The standard InChI is InChI=1S/C10H11FO3/c1-7(10(12)13-2)14-9-5-3-8(11)4-6-9/h3-7H,1-2H3/t7-/m0/s1. The Bertz CT molecular complexity index is 308. The van der Waals surface area contributed by atoms with Crippen LogP contribution in [0.15, 0.2) is 24.3 Å². The lowest BCUT2D eigenvalue weighted by molar-refractivity contribution is -0.147. The number of esters is 1. The van der Waals surface area contributed by atoms with Gasteiger partial charge in [0.2, 0.25) is 0 Å². The monoisotopic (exact) mass is 198 g/mol. The number of rotatable bonds is 3. The van der Waals surface area contributed by atoms with Gasteiger partial charge in [0, 0.05) is 0 Å². The van der Waals surface area contributed by atoms with E-state index in [0.29, 0.717) is 5.75 Å². The van der Waals surface area contributed by atoms with E-state index in [4.69, 9.17) is 4.74 Å². The number of benzene rings is 1. The molecule has 0 saturated heterocycles. The summed E-state index contributed by atoms with van der Waals surface area (Å²) in [6, 6.07) is 5.43. The Hall–Kier alpha value is -1.58. The summed E-state index contributed by atoms with van der Waals surface area (Å²) in [7, 11) is 1.28. The number of hydrogen-bond donors (Lipinski definition) is 0. The SMILES string of the molecule is COC(=O)[C@H](C)Oc1ccc(F)cc1. The molecule has 0 heterocycles. The van der Waals surface area contributed by atoms with Crippen molar-refractivity contribution in [2.45, 2.75) is 13.0 Å². The zero-order valence-corrected chi connectivity index (χ0v) is 7.99. The largest absolute Gasteiger partial charge is 0.479 e. The van der Waals surface area contributed by atoms with E-state index in [0.717, 1.165) is 0 Å². The molecule has 0 amide bonds. The summed E-state index contributed by atoms with van der Waals surface area (Å²) in [6.07, 6.45) is -0.689. The van der Waals surface area contributed by atoms with Gasteiger partial charge >= 0.3 is 5.97 Å². The van der Waals surface area contributed by atoms with Crippen molar-refractivity contribution in [2.75, 3.05) is 7.11 Å². The molecule has 3 nitrogen and oxygen atoms in total. The van der Waals surface area contributed by atoms with Crippen LogP contribution >= 0.6 is 0 Å². The van der Waals surface area contributed by atoms with Crippen LogP contribution in [0, 0.1) is 5.82 Å². The smallest absolute Gasteiger partial charge is 0.346 e. The predicted molar refractivity (Wildman–Crippen MR) is 48.5 cm³/mol. The normalized spacial score (nSPS) is 11.9. The van der Waals surface area contributed by atoms with Crippen LogP contribution in [0.1, 0.15) is 6.92 Å². The van der Waals surface area contributed by atoms with Gasteiger partial charge in [0.15, 0.2) is 6.10 Å². The third kappa shape index (κ3) is 2.73. The fraction of sp³-hybridized carbons (Fsp3) is 0.300. The van der Waals surface area contributed by atoms with Crippen molar-refractivity contribution >= 4 is 5.97 Å². The van der Waals surface area contributed by atoms with Gasteiger partial charge < -0.3 is 9.47 Å². The first-order chi connectivity index (χ1) is 6.63. The minimum absolute atomic E-state index is 0.344. The summed E-state index contributed by atoms with van der Waals surface area (Å²) in [5.41, 5.74) is 0. The van der Waals surface area contributed by atoms with Crippen molar-refractivity contribution in [1.29, 1.82) is 0 Å². The van der Waals surface area contributed by atoms with Crippen molar-refractivity contribution in [3.8, 4) is 5.75 Å². The van der Waals surface area contributed by atoms with Crippen LogP contribution in [0.2, 0.25) is 0 Å². The van der Waals surface area contributed by atoms with Crippen molar-refractivity contribution in [2.24, 2.45) is 0 Å². The molecular formula is C10H11FO3. The van der Waals surface area contributed by atoms with E-state index in [-0.39, 0.29) is 5.82 Å². The van der Waals surface area contributed by atoms with Crippen molar-refractivity contribution in [3.05, 3.63) is 30.1 Å². The van der Waals surface area contributed by atoms with Crippen molar-refractivity contribution in [1.82, 2.24) is 0 Å². The zero-order chi connectivity index (χ0) is 10.6.